The van der Waals surface area contributed by atoms with Gasteiger partial charge in [-0.05, 0) is 15.9 Å². The zero-order chi connectivity index (χ0) is 13.3. The lowest BCUT2D eigenvalue weighted by Crippen LogP contribution is -1.99. The van der Waals surface area contributed by atoms with Gasteiger partial charge in [0.25, 0.3) is 5.69 Å². The molecular weight excluding hydrogens is 304 g/mol. The van der Waals surface area contributed by atoms with Gasteiger partial charge in [0, 0.05) is 13.1 Å². The van der Waals surface area contributed by atoms with Crippen molar-refractivity contribution in [3.63, 3.8) is 0 Å². The minimum absolute atomic E-state index is 0.0982. The van der Waals surface area contributed by atoms with E-state index in [1.54, 1.807) is 17.9 Å². The molecule has 2 aromatic rings. The van der Waals surface area contributed by atoms with Gasteiger partial charge in [0.2, 0.25) is 5.88 Å². The van der Waals surface area contributed by atoms with Crippen LogP contribution in [0.4, 0.5) is 5.69 Å². The summed E-state index contributed by atoms with van der Waals surface area (Å²) in [5.41, 5.74) is 1.08. The first-order chi connectivity index (χ1) is 8.54. The SMILES string of the molecule is COc1ncc([N+](=O)[O-])cc1-c1c(Br)cnn1C. The van der Waals surface area contributed by atoms with Crippen LogP contribution >= 0.6 is 15.9 Å². The van der Waals surface area contributed by atoms with Crippen molar-refractivity contribution >= 4 is 21.6 Å². The minimum atomic E-state index is -0.500. The third-order valence-corrected chi connectivity index (χ3v) is 2.97. The third kappa shape index (κ3) is 2.06. The van der Waals surface area contributed by atoms with Crippen LogP contribution in [0.3, 0.4) is 0 Å². The maximum absolute atomic E-state index is 10.8. The Bertz CT molecular complexity index is 592. The molecule has 2 heterocycles. The van der Waals surface area contributed by atoms with Crippen molar-refractivity contribution in [1.29, 1.82) is 0 Å². The van der Waals surface area contributed by atoms with Crippen molar-refractivity contribution in [3.8, 4) is 17.1 Å². The lowest BCUT2D eigenvalue weighted by molar-refractivity contribution is -0.385. The highest BCUT2D eigenvalue weighted by Crippen LogP contribution is 2.35. The number of hydrogen-bond acceptors (Lipinski definition) is 5. The molecule has 0 saturated carbocycles. The van der Waals surface area contributed by atoms with Gasteiger partial charge in [0.1, 0.15) is 6.20 Å². The number of halogens is 1. The van der Waals surface area contributed by atoms with Crippen molar-refractivity contribution in [2.24, 2.45) is 7.05 Å². The highest BCUT2D eigenvalue weighted by Gasteiger charge is 2.19. The Kier molecular flexibility index (Phi) is 3.28. The van der Waals surface area contributed by atoms with Gasteiger partial charge in [-0.2, -0.15) is 5.10 Å². The summed E-state index contributed by atoms with van der Waals surface area (Å²) in [5.74, 6) is 0.310. The highest BCUT2D eigenvalue weighted by atomic mass is 79.9. The van der Waals surface area contributed by atoms with E-state index in [-0.39, 0.29) is 5.69 Å². The molecule has 94 valence electrons. The molecule has 0 unspecified atom stereocenters. The van der Waals surface area contributed by atoms with E-state index in [0.29, 0.717) is 21.6 Å². The van der Waals surface area contributed by atoms with Crippen molar-refractivity contribution in [2.45, 2.75) is 0 Å². The quantitative estimate of drug-likeness (QED) is 0.640. The fourth-order valence-corrected chi connectivity index (χ4v) is 2.15. The van der Waals surface area contributed by atoms with Gasteiger partial charge >= 0.3 is 0 Å². The average Bonchev–Trinajstić information content (AvgIpc) is 2.68. The maximum Gasteiger partial charge on any atom is 0.288 e. The number of nitro groups is 1. The second-order valence-electron chi connectivity index (χ2n) is 3.47. The van der Waals surface area contributed by atoms with Gasteiger partial charge in [-0.1, -0.05) is 0 Å². The first-order valence-corrected chi connectivity index (χ1v) is 5.70. The minimum Gasteiger partial charge on any atom is -0.480 e. The topological polar surface area (TPSA) is 83.1 Å². The molecule has 18 heavy (non-hydrogen) atoms. The molecule has 2 rings (SSSR count). The summed E-state index contributed by atoms with van der Waals surface area (Å²) in [5, 5.41) is 14.8. The molecule has 0 bridgehead atoms. The number of aryl methyl sites for hydroxylation is 1. The summed E-state index contributed by atoms with van der Waals surface area (Å²) in [6.45, 7) is 0. The lowest BCUT2D eigenvalue weighted by Gasteiger charge is -2.08. The number of ether oxygens (including phenoxy) is 1. The molecule has 0 atom stereocenters. The lowest BCUT2D eigenvalue weighted by atomic mass is 10.2. The summed E-state index contributed by atoms with van der Waals surface area (Å²) >= 11 is 3.34. The monoisotopic (exact) mass is 312 g/mol. The Hall–Kier alpha value is -1.96. The van der Waals surface area contributed by atoms with Crippen molar-refractivity contribution in [1.82, 2.24) is 14.8 Å². The molecule has 0 aliphatic heterocycles. The van der Waals surface area contributed by atoms with Crippen LogP contribution in [0.1, 0.15) is 0 Å². The van der Waals surface area contributed by atoms with Crippen molar-refractivity contribution in [2.75, 3.05) is 7.11 Å². The van der Waals surface area contributed by atoms with Gasteiger partial charge < -0.3 is 4.74 Å². The zero-order valence-electron chi connectivity index (χ0n) is 9.62. The van der Waals surface area contributed by atoms with Gasteiger partial charge in [-0.15, -0.1) is 0 Å². The fraction of sp³-hybridized carbons (Fsp3) is 0.200. The van der Waals surface area contributed by atoms with E-state index in [4.69, 9.17) is 4.74 Å². The Labute approximate surface area is 111 Å². The molecular formula is C10H9BrN4O3. The third-order valence-electron chi connectivity index (χ3n) is 2.39. The second kappa shape index (κ2) is 4.73. The molecule has 0 amide bonds. The first kappa shape index (κ1) is 12.5. The molecule has 8 heteroatoms. The standard InChI is InChI=1S/C10H9BrN4O3/c1-14-9(8(11)5-13-14)7-3-6(15(16)17)4-12-10(7)18-2/h3-5H,1-2H3. The van der Waals surface area contributed by atoms with E-state index in [0.717, 1.165) is 6.20 Å². The Morgan fingerprint density at radius 3 is 2.72 bits per heavy atom. The number of hydrogen-bond donors (Lipinski definition) is 0. The molecule has 0 saturated heterocycles. The van der Waals surface area contributed by atoms with E-state index in [2.05, 4.69) is 26.0 Å². The molecule has 0 fully saturated rings. The van der Waals surface area contributed by atoms with E-state index in [1.165, 1.54) is 13.2 Å². The predicted molar refractivity (Wildman–Crippen MR) is 67.3 cm³/mol. The van der Waals surface area contributed by atoms with Gasteiger partial charge in [0.05, 0.1) is 34.0 Å². The van der Waals surface area contributed by atoms with E-state index in [9.17, 15) is 10.1 Å². The van der Waals surface area contributed by atoms with Crippen LogP contribution in [0.15, 0.2) is 22.9 Å². The summed E-state index contributed by atoms with van der Waals surface area (Å²) in [4.78, 5) is 14.2. The highest BCUT2D eigenvalue weighted by molar-refractivity contribution is 9.10. The second-order valence-corrected chi connectivity index (χ2v) is 4.33. The molecule has 2 aromatic heterocycles. The molecule has 0 aliphatic carbocycles. The molecule has 0 aliphatic rings. The van der Waals surface area contributed by atoms with Crippen LogP contribution in [0, 0.1) is 10.1 Å². The van der Waals surface area contributed by atoms with Gasteiger partial charge in [-0.3, -0.25) is 14.8 Å². The number of rotatable bonds is 3. The van der Waals surface area contributed by atoms with E-state index < -0.39 is 4.92 Å². The van der Waals surface area contributed by atoms with Crippen LogP contribution in [0.5, 0.6) is 5.88 Å². The van der Waals surface area contributed by atoms with E-state index in [1.807, 2.05) is 0 Å². The fourth-order valence-electron chi connectivity index (χ4n) is 1.59. The molecule has 0 spiro atoms. The van der Waals surface area contributed by atoms with Crippen LogP contribution < -0.4 is 4.74 Å². The number of pyridine rings is 1. The van der Waals surface area contributed by atoms with Crippen LogP contribution in [-0.4, -0.2) is 26.8 Å². The largest absolute Gasteiger partial charge is 0.480 e. The van der Waals surface area contributed by atoms with Crippen LogP contribution in [-0.2, 0) is 7.05 Å². The molecule has 0 aromatic carbocycles. The van der Waals surface area contributed by atoms with Gasteiger partial charge in [0.15, 0.2) is 0 Å². The van der Waals surface area contributed by atoms with Crippen LogP contribution in [0.2, 0.25) is 0 Å². The molecule has 0 radical (unpaired) electrons. The number of methoxy groups -OCH3 is 1. The average molecular weight is 313 g/mol. The predicted octanol–water partition coefficient (Wildman–Crippen LogP) is 2.16. The smallest absolute Gasteiger partial charge is 0.288 e. The Morgan fingerprint density at radius 2 is 2.22 bits per heavy atom. The summed E-state index contributed by atoms with van der Waals surface area (Å²) in [7, 11) is 3.19. The Balaban J connectivity index is 2.68. The molecule has 7 nitrogen and oxygen atoms in total. The normalized spacial score (nSPS) is 10.4. The zero-order valence-corrected chi connectivity index (χ0v) is 11.2. The first-order valence-electron chi connectivity index (χ1n) is 4.91. The maximum atomic E-state index is 10.8. The summed E-state index contributed by atoms with van der Waals surface area (Å²) < 4.78 is 7.42. The summed E-state index contributed by atoms with van der Waals surface area (Å²) in [6.07, 6.45) is 2.76. The van der Waals surface area contributed by atoms with Crippen LogP contribution in [0.25, 0.3) is 11.3 Å². The van der Waals surface area contributed by atoms with E-state index >= 15 is 0 Å². The molecule has 0 N–H and O–H groups in total. The number of nitrogens with zero attached hydrogens (tertiary/aromatic N) is 4. The van der Waals surface area contributed by atoms with Crippen molar-refractivity contribution < 1.29 is 9.66 Å². The van der Waals surface area contributed by atoms with Gasteiger partial charge in [-0.25, -0.2) is 4.98 Å². The summed E-state index contributed by atoms with van der Waals surface area (Å²) in [6, 6.07) is 1.41. The number of aromatic nitrogens is 3. The van der Waals surface area contributed by atoms with Crippen molar-refractivity contribution in [3.05, 3.63) is 33.0 Å². The Morgan fingerprint density at radius 1 is 1.50 bits per heavy atom.